The lowest BCUT2D eigenvalue weighted by Crippen LogP contribution is -2.39. The van der Waals surface area contributed by atoms with Crippen molar-refractivity contribution in [1.82, 2.24) is 14.1 Å². The van der Waals surface area contributed by atoms with E-state index in [1.165, 1.54) is 0 Å². The molecule has 0 atom stereocenters. The predicted molar refractivity (Wildman–Crippen MR) is 89.8 cm³/mol. The minimum atomic E-state index is -1.27. The Morgan fingerprint density at radius 1 is 1.25 bits per heavy atom. The summed E-state index contributed by atoms with van der Waals surface area (Å²) < 4.78 is 2.30. The molecule has 0 spiro atoms. The lowest BCUT2D eigenvalue weighted by Gasteiger charge is -2.18. The molecule has 0 bridgehead atoms. The number of aryl methyl sites for hydroxylation is 1. The Morgan fingerprint density at radius 3 is 2.58 bits per heavy atom. The Bertz CT molecular complexity index is 1050. The Kier molecular flexibility index (Phi) is 3.59. The number of carbonyl (C=O) groups is 1. The van der Waals surface area contributed by atoms with E-state index in [-0.39, 0.29) is 11.4 Å². The molecular weight excluding hydrogens is 312 g/mol. The van der Waals surface area contributed by atoms with Crippen LogP contribution < -0.4 is 16.1 Å². The molecule has 124 valence electrons. The van der Waals surface area contributed by atoms with E-state index in [4.69, 9.17) is 5.11 Å². The zero-order valence-corrected chi connectivity index (χ0v) is 13.5. The van der Waals surface area contributed by atoms with Crippen LogP contribution in [0.5, 0.6) is 0 Å². The van der Waals surface area contributed by atoms with Gasteiger partial charge in [-0.2, -0.15) is 4.98 Å². The topological polar surface area (TPSA) is 97.4 Å². The van der Waals surface area contributed by atoms with Crippen molar-refractivity contribution in [3.8, 4) is 11.4 Å². The van der Waals surface area contributed by atoms with E-state index in [1.54, 1.807) is 17.7 Å². The number of nitrogens with zero attached hydrogens (tertiary/aromatic N) is 4. The third kappa shape index (κ3) is 2.41. The molecule has 0 radical (unpaired) electrons. The quantitative estimate of drug-likeness (QED) is 0.697. The first-order valence-corrected chi connectivity index (χ1v) is 7.23. The molecule has 1 N–H and O–H groups in total. The number of aromatic nitrogens is 3. The van der Waals surface area contributed by atoms with Crippen LogP contribution in [0.1, 0.15) is 0 Å². The van der Waals surface area contributed by atoms with Crippen molar-refractivity contribution in [2.45, 2.75) is 6.54 Å². The van der Waals surface area contributed by atoms with Gasteiger partial charge in [0.2, 0.25) is 0 Å². The van der Waals surface area contributed by atoms with E-state index in [0.717, 1.165) is 16.6 Å². The highest BCUT2D eigenvalue weighted by molar-refractivity contribution is 5.88. The number of carboxylic acid groups (broad SMARTS) is 1. The van der Waals surface area contributed by atoms with Gasteiger partial charge in [-0.15, -0.1) is 0 Å². The van der Waals surface area contributed by atoms with Gasteiger partial charge in [0.15, 0.2) is 5.82 Å². The Morgan fingerprint density at radius 2 is 1.96 bits per heavy atom. The van der Waals surface area contributed by atoms with Crippen LogP contribution in [0.4, 0.5) is 5.69 Å². The van der Waals surface area contributed by atoms with E-state index in [2.05, 4.69) is 4.98 Å². The molecule has 2 heterocycles. The fourth-order valence-corrected chi connectivity index (χ4v) is 2.69. The van der Waals surface area contributed by atoms with Crippen molar-refractivity contribution in [3.05, 3.63) is 45.1 Å². The number of fused-ring (bicyclic) bond motifs is 2. The normalized spacial score (nSPS) is 11.1. The van der Waals surface area contributed by atoms with E-state index < -0.39 is 23.8 Å². The molecule has 0 unspecified atom stereocenters. The largest absolute Gasteiger partial charge is 0.480 e. The van der Waals surface area contributed by atoms with Gasteiger partial charge in [0, 0.05) is 26.8 Å². The van der Waals surface area contributed by atoms with Crippen LogP contribution >= 0.6 is 0 Å². The Hall–Kier alpha value is -3.16. The van der Waals surface area contributed by atoms with Crippen LogP contribution in [0, 0.1) is 0 Å². The summed E-state index contributed by atoms with van der Waals surface area (Å²) in [5.74, 6) is -1.04. The van der Waals surface area contributed by atoms with Crippen molar-refractivity contribution in [2.24, 2.45) is 7.05 Å². The third-order valence-electron chi connectivity index (χ3n) is 3.95. The summed E-state index contributed by atoms with van der Waals surface area (Å²) in [7, 11) is 5.55. The van der Waals surface area contributed by atoms with Crippen LogP contribution in [-0.4, -0.2) is 39.3 Å². The fraction of sp³-hybridized carbons (Fsp3) is 0.250. The lowest BCUT2D eigenvalue weighted by atomic mass is 10.1. The van der Waals surface area contributed by atoms with Crippen LogP contribution in [-0.2, 0) is 18.4 Å². The standard InChI is InChI=1S/C16H16N4O4/c1-18(2)10-5-4-9-6-11-14(19(3)12(9)7-10)17-16(24)20(15(11)23)8-13(21)22/h4-7H,8H2,1-3H3,(H,21,22). The van der Waals surface area contributed by atoms with Crippen molar-refractivity contribution < 1.29 is 9.90 Å². The molecule has 0 saturated carbocycles. The first-order chi connectivity index (χ1) is 11.3. The first kappa shape index (κ1) is 15.7. The van der Waals surface area contributed by atoms with Crippen molar-refractivity contribution in [1.29, 1.82) is 0 Å². The first-order valence-electron chi connectivity index (χ1n) is 7.23. The van der Waals surface area contributed by atoms with Gasteiger partial charge in [-0.3, -0.25) is 9.59 Å². The Labute approximate surface area is 136 Å². The Balaban J connectivity index is 2.40. The molecule has 2 aliphatic rings. The molecule has 0 saturated heterocycles. The number of hydrogen-bond acceptors (Lipinski definition) is 5. The summed E-state index contributed by atoms with van der Waals surface area (Å²) in [6, 6.07) is 7.36. The molecule has 8 heteroatoms. The molecular formula is C16H16N4O4. The average Bonchev–Trinajstić information content (AvgIpc) is 2.52. The number of aliphatic carboxylic acids is 1. The summed E-state index contributed by atoms with van der Waals surface area (Å²) >= 11 is 0. The molecule has 0 amide bonds. The molecule has 1 aromatic rings. The van der Waals surface area contributed by atoms with Gasteiger partial charge in [-0.05, 0) is 23.6 Å². The molecule has 1 aromatic carbocycles. The number of pyridine rings is 1. The highest BCUT2D eigenvalue weighted by Gasteiger charge is 2.19. The summed E-state index contributed by atoms with van der Waals surface area (Å²) in [5, 5.41) is 9.66. The molecule has 0 aromatic heterocycles. The SMILES string of the molecule is CN(C)c1ccc2cc3c(=O)n(CC(=O)O)c(=O)nc-3n(C)c2c1. The van der Waals surface area contributed by atoms with Gasteiger partial charge >= 0.3 is 11.7 Å². The fourth-order valence-electron chi connectivity index (χ4n) is 2.69. The van der Waals surface area contributed by atoms with E-state index in [1.807, 2.05) is 37.2 Å². The maximum atomic E-state index is 12.5. The molecule has 8 nitrogen and oxygen atoms in total. The molecule has 2 aliphatic heterocycles. The second-order valence-electron chi connectivity index (χ2n) is 5.76. The maximum absolute atomic E-state index is 12.5. The second kappa shape index (κ2) is 5.48. The predicted octanol–water partition coefficient (Wildman–Crippen LogP) is 0.351. The van der Waals surface area contributed by atoms with E-state index in [9.17, 15) is 14.4 Å². The van der Waals surface area contributed by atoms with Gasteiger partial charge in [0.05, 0.1) is 11.1 Å². The molecule has 0 aliphatic carbocycles. The van der Waals surface area contributed by atoms with Gasteiger partial charge in [0.25, 0.3) is 5.56 Å². The zero-order chi connectivity index (χ0) is 17.6. The van der Waals surface area contributed by atoms with Gasteiger partial charge in [-0.1, -0.05) is 6.07 Å². The second-order valence-corrected chi connectivity index (χ2v) is 5.76. The molecule has 0 fully saturated rings. The summed E-state index contributed by atoms with van der Waals surface area (Å²) in [5.41, 5.74) is 0.480. The number of carboxylic acids is 1. The highest BCUT2D eigenvalue weighted by atomic mass is 16.4. The molecule has 3 rings (SSSR count). The number of hydrogen-bond donors (Lipinski definition) is 1. The van der Waals surface area contributed by atoms with E-state index >= 15 is 0 Å². The van der Waals surface area contributed by atoms with Crippen LogP contribution in [0.25, 0.3) is 22.3 Å². The minimum Gasteiger partial charge on any atom is -0.480 e. The van der Waals surface area contributed by atoms with Gasteiger partial charge in [0.1, 0.15) is 6.54 Å². The molecule has 24 heavy (non-hydrogen) atoms. The van der Waals surface area contributed by atoms with Crippen molar-refractivity contribution in [3.63, 3.8) is 0 Å². The van der Waals surface area contributed by atoms with Gasteiger partial charge in [-0.25, -0.2) is 9.36 Å². The number of benzene rings is 1. The minimum absolute atomic E-state index is 0.212. The summed E-state index contributed by atoms with van der Waals surface area (Å²) in [4.78, 5) is 41.2. The number of anilines is 1. The van der Waals surface area contributed by atoms with Crippen LogP contribution in [0.2, 0.25) is 0 Å². The number of rotatable bonds is 3. The van der Waals surface area contributed by atoms with Gasteiger partial charge < -0.3 is 14.6 Å². The van der Waals surface area contributed by atoms with Crippen LogP contribution in [0.15, 0.2) is 33.9 Å². The van der Waals surface area contributed by atoms with E-state index in [0.29, 0.717) is 4.57 Å². The van der Waals surface area contributed by atoms with Crippen molar-refractivity contribution in [2.75, 3.05) is 19.0 Å². The maximum Gasteiger partial charge on any atom is 0.353 e. The average molecular weight is 328 g/mol. The monoisotopic (exact) mass is 328 g/mol. The van der Waals surface area contributed by atoms with Crippen molar-refractivity contribution >= 4 is 22.6 Å². The summed E-state index contributed by atoms with van der Waals surface area (Å²) in [6.45, 7) is -0.706. The third-order valence-corrected chi connectivity index (χ3v) is 3.95. The smallest absolute Gasteiger partial charge is 0.353 e. The zero-order valence-electron chi connectivity index (χ0n) is 13.5. The van der Waals surface area contributed by atoms with Crippen LogP contribution in [0.3, 0.4) is 0 Å². The highest BCUT2D eigenvalue weighted by Crippen LogP contribution is 2.26. The lowest BCUT2D eigenvalue weighted by molar-refractivity contribution is -0.137. The summed E-state index contributed by atoms with van der Waals surface area (Å²) in [6.07, 6.45) is 0.